The van der Waals surface area contributed by atoms with Crippen molar-refractivity contribution in [3.63, 3.8) is 0 Å². The summed E-state index contributed by atoms with van der Waals surface area (Å²) in [5.41, 5.74) is 0.724. The molecule has 2 amide bonds. The van der Waals surface area contributed by atoms with Gasteiger partial charge in [-0.3, -0.25) is 5.32 Å². The van der Waals surface area contributed by atoms with Gasteiger partial charge in [0.15, 0.2) is 0 Å². The maximum atomic E-state index is 12.4. The molecule has 1 aromatic carbocycles. The van der Waals surface area contributed by atoms with Gasteiger partial charge in [-0.25, -0.2) is 9.78 Å². The third-order valence-electron chi connectivity index (χ3n) is 3.35. The maximum Gasteiger partial charge on any atom is 0.323 e. The Morgan fingerprint density at radius 2 is 2.12 bits per heavy atom. The summed E-state index contributed by atoms with van der Waals surface area (Å²) in [6.45, 7) is 6.66. The number of ether oxygens (including phenoxy) is 1. The molecule has 1 aromatic heterocycles. The smallest absolute Gasteiger partial charge is 0.323 e. The highest BCUT2D eigenvalue weighted by Crippen LogP contribution is 2.23. The number of anilines is 1. The summed E-state index contributed by atoms with van der Waals surface area (Å²) in [6, 6.07) is 7.23. The van der Waals surface area contributed by atoms with Gasteiger partial charge < -0.3 is 9.64 Å². The van der Waals surface area contributed by atoms with Gasteiger partial charge in [0.25, 0.3) is 0 Å². The molecule has 2 rings (SSSR count). The van der Waals surface area contributed by atoms with Crippen molar-refractivity contribution < 1.29 is 9.53 Å². The Morgan fingerprint density at radius 1 is 1.40 bits per heavy atom. The van der Waals surface area contributed by atoms with E-state index in [0.717, 1.165) is 5.56 Å². The molecule has 0 radical (unpaired) electrons. The lowest BCUT2D eigenvalue weighted by Crippen LogP contribution is -2.31. The molecular formula is C18H22N4O2S. The lowest BCUT2D eigenvalue weighted by molar-refractivity contribution is 0.220. The third kappa shape index (κ3) is 5.19. The van der Waals surface area contributed by atoms with Crippen LogP contribution in [0.5, 0.6) is 5.75 Å². The predicted octanol–water partition coefficient (Wildman–Crippen LogP) is 3.51. The summed E-state index contributed by atoms with van der Waals surface area (Å²) in [6.07, 6.45) is 5.23. The maximum absolute atomic E-state index is 12.4. The molecule has 0 spiro atoms. The molecule has 7 heteroatoms. The zero-order valence-corrected chi connectivity index (χ0v) is 15.7. The number of hydrogen-bond acceptors (Lipinski definition) is 5. The van der Waals surface area contributed by atoms with Crippen LogP contribution in [0.1, 0.15) is 32.2 Å². The zero-order chi connectivity index (χ0) is 18.4. The number of benzene rings is 1. The van der Waals surface area contributed by atoms with Crippen molar-refractivity contribution in [2.24, 2.45) is 0 Å². The van der Waals surface area contributed by atoms with Gasteiger partial charge in [0, 0.05) is 29.6 Å². The van der Waals surface area contributed by atoms with E-state index >= 15 is 0 Å². The second-order valence-corrected chi connectivity index (χ2v) is 7.31. The summed E-state index contributed by atoms with van der Waals surface area (Å²) in [5.74, 6) is 3.82. The molecule has 6 nitrogen and oxygen atoms in total. The molecule has 1 N–H and O–H groups in total. The quantitative estimate of drug-likeness (QED) is 0.831. The standard InChI is InChI=1S/C18H22N4O2S/c1-6-11-24-14-10-8-7-9-13(14)12-22(5)17(23)20-16-19-15(21-25-16)18(2,3)4/h1,7-10H,11-12H2,2-5H3,(H,19,20,21,23). The van der Waals surface area contributed by atoms with Gasteiger partial charge >= 0.3 is 6.03 Å². The van der Waals surface area contributed by atoms with E-state index in [1.165, 1.54) is 11.5 Å². The first-order chi connectivity index (χ1) is 11.8. The van der Waals surface area contributed by atoms with Crippen molar-refractivity contribution in [2.75, 3.05) is 19.0 Å². The van der Waals surface area contributed by atoms with Crippen LogP contribution >= 0.6 is 11.5 Å². The largest absolute Gasteiger partial charge is 0.481 e. The number of carbonyl (C=O) groups excluding carboxylic acids is 1. The van der Waals surface area contributed by atoms with Crippen LogP contribution in [0.3, 0.4) is 0 Å². The van der Waals surface area contributed by atoms with Crippen LogP contribution in [0.4, 0.5) is 9.93 Å². The second kappa shape index (κ2) is 7.99. The number of para-hydroxylation sites is 1. The topological polar surface area (TPSA) is 67.3 Å². The number of rotatable bonds is 5. The van der Waals surface area contributed by atoms with Crippen molar-refractivity contribution in [1.82, 2.24) is 14.3 Å². The molecule has 0 unspecified atom stereocenters. The first-order valence-electron chi connectivity index (χ1n) is 7.81. The number of carbonyl (C=O) groups is 1. The first-order valence-corrected chi connectivity index (χ1v) is 8.59. The van der Waals surface area contributed by atoms with Gasteiger partial charge in [0.1, 0.15) is 18.2 Å². The molecular weight excluding hydrogens is 336 g/mol. The summed E-state index contributed by atoms with van der Waals surface area (Å²) in [7, 11) is 1.71. The van der Waals surface area contributed by atoms with Crippen LogP contribution in [-0.2, 0) is 12.0 Å². The van der Waals surface area contributed by atoms with Gasteiger partial charge in [0.05, 0.1) is 6.54 Å². The molecule has 0 saturated heterocycles. The number of hydrogen-bond donors (Lipinski definition) is 1. The van der Waals surface area contributed by atoms with Crippen molar-refractivity contribution in [3.05, 3.63) is 35.7 Å². The van der Waals surface area contributed by atoms with E-state index in [1.807, 2.05) is 45.0 Å². The van der Waals surface area contributed by atoms with Crippen LogP contribution in [-0.4, -0.2) is 33.9 Å². The van der Waals surface area contributed by atoms with E-state index in [9.17, 15) is 4.79 Å². The fourth-order valence-electron chi connectivity index (χ4n) is 1.99. The van der Waals surface area contributed by atoms with E-state index in [0.29, 0.717) is 23.3 Å². The fraction of sp³-hybridized carbons (Fsp3) is 0.389. The molecule has 0 atom stereocenters. The molecule has 0 saturated carbocycles. The van der Waals surface area contributed by atoms with E-state index in [4.69, 9.17) is 11.2 Å². The summed E-state index contributed by atoms with van der Waals surface area (Å²) < 4.78 is 9.80. The van der Waals surface area contributed by atoms with Gasteiger partial charge in [-0.2, -0.15) is 4.37 Å². The van der Waals surface area contributed by atoms with Crippen LogP contribution in [0.2, 0.25) is 0 Å². The van der Waals surface area contributed by atoms with E-state index < -0.39 is 0 Å². The van der Waals surface area contributed by atoms with Crippen LogP contribution < -0.4 is 10.1 Å². The van der Waals surface area contributed by atoms with Crippen molar-refractivity contribution in [1.29, 1.82) is 0 Å². The minimum Gasteiger partial charge on any atom is -0.481 e. The Labute approximate surface area is 152 Å². The molecule has 2 aromatic rings. The highest BCUT2D eigenvalue weighted by atomic mass is 32.1. The normalized spacial score (nSPS) is 10.8. The highest BCUT2D eigenvalue weighted by molar-refractivity contribution is 7.09. The van der Waals surface area contributed by atoms with Gasteiger partial charge in [-0.15, -0.1) is 6.42 Å². The Balaban J connectivity index is 2.01. The zero-order valence-electron chi connectivity index (χ0n) is 14.9. The van der Waals surface area contributed by atoms with Gasteiger partial charge in [-0.05, 0) is 6.07 Å². The Kier molecular flexibility index (Phi) is 5.99. The Bertz CT molecular complexity index is 774. The van der Waals surface area contributed by atoms with Crippen molar-refractivity contribution in [2.45, 2.75) is 32.7 Å². The lowest BCUT2D eigenvalue weighted by Gasteiger charge is -2.19. The van der Waals surface area contributed by atoms with Crippen molar-refractivity contribution in [3.8, 4) is 18.1 Å². The molecule has 0 aliphatic heterocycles. The minimum absolute atomic E-state index is 0.154. The minimum atomic E-state index is -0.261. The average molecular weight is 358 g/mol. The van der Waals surface area contributed by atoms with Gasteiger partial charge in [-0.1, -0.05) is 44.9 Å². The number of nitrogens with one attached hydrogen (secondary N) is 1. The molecule has 132 valence electrons. The number of nitrogens with zero attached hydrogens (tertiary/aromatic N) is 3. The number of urea groups is 1. The summed E-state index contributed by atoms with van der Waals surface area (Å²) in [4.78, 5) is 18.3. The third-order valence-corrected chi connectivity index (χ3v) is 3.98. The summed E-state index contributed by atoms with van der Waals surface area (Å²) >= 11 is 1.18. The van der Waals surface area contributed by atoms with E-state index in [2.05, 4.69) is 20.6 Å². The Hall–Kier alpha value is -2.59. The SMILES string of the molecule is C#CCOc1ccccc1CN(C)C(=O)Nc1nc(C(C)(C)C)ns1. The van der Waals surface area contributed by atoms with E-state index in [1.54, 1.807) is 11.9 Å². The molecule has 0 fully saturated rings. The lowest BCUT2D eigenvalue weighted by atomic mass is 9.96. The molecule has 0 aliphatic carbocycles. The first kappa shape index (κ1) is 18.7. The van der Waals surface area contributed by atoms with Crippen LogP contribution in [0.15, 0.2) is 24.3 Å². The Morgan fingerprint density at radius 3 is 2.76 bits per heavy atom. The van der Waals surface area contributed by atoms with Crippen LogP contribution in [0, 0.1) is 12.3 Å². The van der Waals surface area contributed by atoms with Crippen LogP contribution in [0.25, 0.3) is 0 Å². The molecule has 0 aliphatic rings. The van der Waals surface area contributed by atoms with Gasteiger partial charge in [0.2, 0.25) is 5.13 Å². The predicted molar refractivity (Wildman–Crippen MR) is 99.9 cm³/mol. The number of amides is 2. The number of aromatic nitrogens is 2. The molecule has 0 bridgehead atoms. The fourth-order valence-corrected chi connectivity index (χ4v) is 2.74. The van der Waals surface area contributed by atoms with E-state index in [-0.39, 0.29) is 18.1 Å². The number of terminal acetylenes is 1. The summed E-state index contributed by atoms with van der Waals surface area (Å²) in [5, 5.41) is 3.26. The van der Waals surface area contributed by atoms with Crippen molar-refractivity contribution >= 4 is 22.7 Å². The second-order valence-electron chi connectivity index (χ2n) is 6.56. The highest BCUT2D eigenvalue weighted by Gasteiger charge is 2.21. The molecule has 25 heavy (non-hydrogen) atoms. The monoisotopic (exact) mass is 358 g/mol. The molecule has 1 heterocycles. The average Bonchev–Trinajstić information content (AvgIpc) is 3.02.